The highest BCUT2D eigenvalue weighted by molar-refractivity contribution is 4.69. The Hall–Kier alpha value is -0.120. The molecule has 3 N–H and O–H groups in total. The summed E-state index contributed by atoms with van der Waals surface area (Å²) in [4.78, 5) is 0. The number of nitrogens with one attached hydrogen (secondary N) is 1. The second-order valence-corrected chi connectivity index (χ2v) is 3.32. The van der Waals surface area contributed by atoms with Gasteiger partial charge >= 0.3 is 0 Å². The first-order valence-electron chi connectivity index (χ1n) is 4.71. The fourth-order valence-electron chi connectivity index (χ4n) is 1.35. The normalized spacial score (nSPS) is 16.0. The summed E-state index contributed by atoms with van der Waals surface area (Å²) >= 11 is 0. The lowest BCUT2D eigenvalue weighted by Gasteiger charge is -2.22. The van der Waals surface area contributed by atoms with Gasteiger partial charge in [0.2, 0.25) is 0 Å². The average Bonchev–Trinajstić information content (AvgIpc) is 2.10. The van der Waals surface area contributed by atoms with Crippen LogP contribution in [0, 0.1) is 5.92 Å². The van der Waals surface area contributed by atoms with Crippen molar-refractivity contribution in [3.8, 4) is 0 Å². The largest absolute Gasteiger partial charge is 0.385 e. The number of methoxy groups -OCH3 is 1. The Morgan fingerprint density at radius 3 is 2.50 bits per heavy atom. The van der Waals surface area contributed by atoms with Gasteiger partial charge in [-0.3, -0.25) is 11.3 Å². The summed E-state index contributed by atoms with van der Waals surface area (Å²) in [6.45, 7) is 5.20. The van der Waals surface area contributed by atoms with E-state index in [1.54, 1.807) is 7.11 Å². The SMILES string of the molecule is CCCC(NN)C(C)CCOC. The van der Waals surface area contributed by atoms with E-state index in [-0.39, 0.29) is 0 Å². The number of rotatable bonds is 7. The molecular formula is C9H22N2O. The molecule has 0 aliphatic rings. The van der Waals surface area contributed by atoms with Crippen molar-refractivity contribution in [3.05, 3.63) is 0 Å². The van der Waals surface area contributed by atoms with Gasteiger partial charge in [-0.2, -0.15) is 0 Å². The van der Waals surface area contributed by atoms with E-state index in [4.69, 9.17) is 10.6 Å². The topological polar surface area (TPSA) is 47.3 Å². The molecule has 0 saturated carbocycles. The molecule has 0 aromatic heterocycles. The zero-order valence-electron chi connectivity index (χ0n) is 8.47. The monoisotopic (exact) mass is 174 g/mol. The van der Waals surface area contributed by atoms with Gasteiger partial charge in [0.25, 0.3) is 0 Å². The van der Waals surface area contributed by atoms with E-state index in [2.05, 4.69) is 19.3 Å². The molecule has 3 nitrogen and oxygen atoms in total. The molecule has 0 aliphatic heterocycles. The highest BCUT2D eigenvalue weighted by Gasteiger charge is 2.13. The smallest absolute Gasteiger partial charge is 0.0465 e. The van der Waals surface area contributed by atoms with Crippen LogP contribution in [-0.4, -0.2) is 19.8 Å². The molecule has 12 heavy (non-hydrogen) atoms. The number of ether oxygens (including phenoxy) is 1. The minimum absolute atomic E-state index is 0.435. The molecule has 2 unspecified atom stereocenters. The van der Waals surface area contributed by atoms with Gasteiger partial charge in [-0.25, -0.2) is 0 Å². The molecule has 0 amide bonds. The maximum absolute atomic E-state index is 5.44. The summed E-state index contributed by atoms with van der Waals surface area (Å²) in [5.41, 5.74) is 2.86. The molecule has 0 heterocycles. The molecule has 74 valence electrons. The van der Waals surface area contributed by atoms with Gasteiger partial charge in [0.15, 0.2) is 0 Å². The molecule has 0 fully saturated rings. The van der Waals surface area contributed by atoms with E-state index >= 15 is 0 Å². The first-order valence-corrected chi connectivity index (χ1v) is 4.71. The predicted molar refractivity (Wildman–Crippen MR) is 51.7 cm³/mol. The van der Waals surface area contributed by atoms with Crippen LogP contribution >= 0.6 is 0 Å². The molecule has 0 radical (unpaired) electrons. The summed E-state index contributed by atoms with van der Waals surface area (Å²) in [5, 5.41) is 0. The summed E-state index contributed by atoms with van der Waals surface area (Å²) in [7, 11) is 1.73. The lowest BCUT2D eigenvalue weighted by Crippen LogP contribution is -2.40. The average molecular weight is 174 g/mol. The highest BCUT2D eigenvalue weighted by Crippen LogP contribution is 2.12. The van der Waals surface area contributed by atoms with Crippen LogP contribution in [-0.2, 0) is 4.74 Å². The van der Waals surface area contributed by atoms with Crippen LogP contribution in [0.2, 0.25) is 0 Å². The van der Waals surface area contributed by atoms with Crippen molar-refractivity contribution in [1.29, 1.82) is 0 Å². The zero-order valence-corrected chi connectivity index (χ0v) is 8.47. The van der Waals surface area contributed by atoms with Gasteiger partial charge in [-0.05, 0) is 18.8 Å². The second kappa shape index (κ2) is 7.53. The van der Waals surface area contributed by atoms with Crippen LogP contribution in [0.1, 0.15) is 33.1 Å². The Morgan fingerprint density at radius 2 is 2.08 bits per heavy atom. The molecule has 0 aromatic rings. The van der Waals surface area contributed by atoms with E-state index in [1.165, 1.54) is 6.42 Å². The summed E-state index contributed by atoms with van der Waals surface area (Å²) in [6, 6.07) is 0.435. The maximum atomic E-state index is 5.44. The Kier molecular flexibility index (Phi) is 7.45. The lowest BCUT2D eigenvalue weighted by molar-refractivity contribution is 0.168. The number of hydrogen-bond acceptors (Lipinski definition) is 3. The molecule has 3 heteroatoms. The number of hydrogen-bond donors (Lipinski definition) is 2. The Labute approximate surface area is 75.6 Å². The third-order valence-electron chi connectivity index (χ3n) is 2.28. The molecule has 0 aliphatic carbocycles. The van der Waals surface area contributed by atoms with Crippen LogP contribution in [0.3, 0.4) is 0 Å². The molecule has 0 saturated heterocycles. The highest BCUT2D eigenvalue weighted by atomic mass is 16.5. The summed E-state index contributed by atoms with van der Waals surface area (Å²) in [5.74, 6) is 6.03. The van der Waals surface area contributed by atoms with Crippen molar-refractivity contribution in [2.75, 3.05) is 13.7 Å². The van der Waals surface area contributed by atoms with Gasteiger partial charge in [0.1, 0.15) is 0 Å². The van der Waals surface area contributed by atoms with E-state index in [0.717, 1.165) is 19.4 Å². The van der Waals surface area contributed by atoms with E-state index < -0.39 is 0 Å². The minimum atomic E-state index is 0.435. The van der Waals surface area contributed by atoms with Crippen LogP contribution in [0.15, 0.2) is 0 Å². The van der Waals surface area contributed by atoms with Gasteiger partial charge in [0.05, 0.1) is 0 Å². The maximum Gasteiger partial charge on any atom is 0.0465 e. The van der Waals surface area contributed by atoms with Gasteiger partial charge in [0, 0.05) is 19.8 Å². The summed E-state index contributed by atoms with van der Waals surface area (Å²) < 4.78 is 5.02. The minimum Gasteiger partial charge on any atom is -0.385 e. The van der Waals surface area contributed by atoms with Crippen molar-refractivity contribution in [2.45, 2.75) is 39.2 Å². The molecule has 0 bridgehead atoms. The third kappa shape index (κ3) is 4.70. The van der Waals surface area contributed by atoms with Crippen molar-refractivity contribution >= 4 is 0 Å². The summed E-state index contributed by atoms with van der Waals surface area (Å²) in [6.07, 6.45) is 3.39. The van der Waals surface area contributed by atoms with Gasteiger partial charge in [-0.1, -0.05) is 20.3 Å². The van der Waals surface area contributed by atoms with Crippen LogP contribution < -0.4 is 11.3 Å². The van der Waals surface area contributed by atoms with Crippen molar-refractivity contribution in [3.63, 3.8) is 0 Å². The zero-order chi connectivity index (χ0) is 9.40. The Balaban J connectivity index is 3.60. The van der Waals surface area contributed by atoms with Crippen LogP contribution in [0.25, 0.3) is 0 Å². The predicted octanol–water partition coefficient (Wildman–Crippen LogP) is 1.29. The Bertz CT molecular complexity index is 98.5. The van der Waals surface area contributed by atoms with Crippen molar-refractivity contribution < 1.29 is 4.74 Å². The standard InChI is InChI=1S/C9H22N2O/c1-4-5-9(11-10)8(2)6-7-12-3/h8-9,11H,4-7,10H2,1-3H3. The van der Waals surface area contributed by atoms with Crippen molar-refractivity contribution in [1.82, 2.24) is 5.43 Å². The fraction of sp³-hybridized carbons (Fsp3) is 1.00. The van der Waals surface area contributed by atoms with E-state index in [0.29, 0.717) is 12.0 Å². The molecule has 0 aromatic carbocycles. The van der Waals surface area contributed by atoms with Gasteiger partial charge in [-0.15, -0.1) is 0 Å². The second-order valence-electron chi connectivity index (χ2n) is 3.32. The first kappa shape index (κ1) is 11.9. The molecule has 0 spiro atoms. The third-order valence-corrected chi connectivity index (χ3v) is 2.28. The first-order chi connectivity index (χ1) is 5.76. The number of hydrazine groups is 1. The van der Waals surface area contributed by atoms with Gasteiger partial charge < -0.3 is 4.74 Å². The number of nitrogens with two attached hydrogens (primary N) is 1. The Morgan fingerprint density at radius 1 is 1.42 bits per heavy atom. The molecule has 2 atom stereocenters. The van der Waals surface area contributed by atoms with Crippen LogP contribution in [0.5, 0.6) is 0 Å². The van der Waals surface area contributed by atoms with E-state index in [9.17, 15) is 0 Å². The van der Waals surface area contributed by atoms with Crippen LogP contribution in [0.4, 0.5) is 0 Å². The lowest BCUT2D eigenvalue weighted by atomic mass is 9.95. The molecular weight excluding hydrogens is 152 g/mol. The van der Waals surface area contributed by atoms with Crippen molar-refractivity contribution in [2.24, 2.45) is 11.8 Å². The van der Waals surface area contributed by atoms with E-state index in [1.807, 2.05) is 0 Å². The quantitative estimate of drug-likeness (QED) is 0.451. The molecule has 0 rings (SSSR count). The fourth-order valence-corrected chi connectivity index (χ4v) is 1.35.